The summed E-state index contributed by atoms with van der Waals surface area (Å²) >= 11 is 0. The van der Waals surface area contributed by atoms with Gasteiger partial charge in [0.25, 0.3) is 5.91 Å². The number of aromatic nitrogens is 1. The number of carbonyl (C=O) groups is 1. The zero-order chi connectivity index (χ0) is 15.1. The van der Waals surface area contributed by atoms with Crippen LogP contribution in [0.4, 0.5) is 0 Å². The molecule has 0 saturated carbocycles. The normalized spacial score (nSPS) is 26.0. The largest absolute Gasteiger partial charge is 0.440 e. The quantitative estimate of drug-likeness (QED) is 0.925. The average molecular weight is 299 g/mol. The first-order valence-electron chi connectivity index (χ1n) is 8.15. The smallest absolute Gasteiger partial charge is 0.252 e. The Kier molecular flexibility index (Phi) is 3.37. The summed E-state index contributed by atoms with van der Waals surface area (Å²) < 4.78 is 5.95. The molecule has 2 N–H and O–H groups in total. The summed E-state index contributed by atoms with van der Waals surface area (Å²) in [7, 11) is 0. The highest BCUT2D eigenvalue weighted by atomic mass is 16.3. The van der Waals surface area contributed by atoms with E-state index in [1.165, 1.54) is 25.8 Å². The van der Waals surface area contributed by atoms with E-state index in [0.717, 1.165) is 30.8 Å². The fourth-order valence-corrected chi connectivity index (χ4v) is 3.95. The van der Waals surface area contributed by atoms with Gasteiger partial charge in [-0.15, -0.1) is 0 Å². The van der Waals surface area contributed by atoms with Crippen molar-refractivity contribution in [1.82, 2.24) is 9.88 Å². The van der Waals surface area contributed by atoms with E-state index in [1.807, 2.05) is 6.07 Å². The number of fused-ring (bicyclic) bond motifs is 2. The molecule has 0 spiro atoms. The number of rotatable bonds is 2. The van der Waals surface area contributed by atoms with Crippen LogP contribution in [0.15, 0.2) is 22.6 Å². The first kappa shape index (κ1) is 13.8. The number of para-hydroxylation sites is 1. The van der Waals surface area contributed by atoms with Gasteiger partial charge in [0.05, 0.1) is 5.56 Å². The second-order valence-corrected chi connectivity index (χ2v) is 6.48. The minimum atomic E-state index is -0.463. The van der Waals surface area contributed by atoms with E-state index in [9.17, 15) is 4.79 Å². The van der Waals surface area contributed by atoms with Crippen LogP contribution in [-0.4, -0.2) is 34.9 Å². The summed E-state index contributed by atoms with van der Waals surface area (Å²) in [5.74, 6) is 0.664. The van der Waals surface area contributed by atoms with Gasteiger partial charge in [0.15, 0.2) is 11.5 Å². The molecule has 2 unspecified atom stereocenters. The Morgan fingerprint density at radius 2 is 2.18 bits per heavy atom. The third-order valence-electron chi connectivity index (χ3n) is 5.12. The lowest BCUT2D eigenvalue weighted by atomic mass is 9.86. The number of piperidine rings is 2. The molecule has 2 atom stereocenters. The molecule has 1 aromatic carbocycles. The number of hydrogen-bond acceptors (Lipinski definition) is 4. The first-order valence-corrected chi connectivity index (χ1v) is 8.15. The molecule has 3 heterocycles. The van der Waals surface area contributed by atoms with E-state index < -0.39 is 5.91 Å². The second kappa shape index (κ2) is 5.39. The highest BCUT2D eigenvalue weighted by molar-refractivity contribution is 6.03. The predicted molar refractivity (Wildman–Crippen MR) is 83.7 cm³/mol. The molecule has 2 aliphatic heterocycles. The zero-order valence-electron chi connectivity index (χ0n) is 12.6. The lowest BCUT2D eigenvalue weighted by Crippen LogP contribution is -2.44. The number of primary amides is 1. The number of amides is 1. The van der Waals surface area contributed by atoms with Crippen molar-refractivity contribution in [3.05, 3.63) is 29.7 Å². The van der Waals surface area contributed by atoms with E-state index in [4.69, 9.17) is 10.2 Å². The number of nitrogens with zero attached hydrogens (tertiary/aromatic N) is 2. The number of oxazole rings is 1. The van der Waals surface area contributed by atoms with Crippen LogP contribution in [0.3, 0.4) is 0 Å². The Morgan fingerprint density at radius 3 is 3.05 bits per heavy atom. The van der Waals surface area contributed by atoms with Crippen LogP contribution in [0.1, 0.15) is 54.3 Å². The molecule has 2 saturated heterocycles. The van der Waals surface area contributed by atoms with Gasteiger partial charge in [-0.2, -0.15) is 0 Å². The van der Waals surface area contributed by atoms with Crippen LogP contribution in [0.5, 0.6) is 0 Å². The van der Waals surface area contributed by atoms with Gasteiger partial charge in [-0.3, -0.25) is 4.79 Å². The van der Waals surface area contributed by atoms with Gasteiger partial charge >= 0.3 is 0 Å². The van der Waals surface area contributed by atoms with Crippen LogP contribution in [0.2, 0.25) is 0 Å². The van der Waals surface area contributed by atoms with Gasteiger partial charge in [0.2, 0.25) is 0 Å². The Morgan fingerprint density at radius 1 is 1.27 bits per heavy atom. The maximum absolute atomic E-state index is 11.5. The Hall–Kier alpha value is -1.88. The van der Waals surface area contributed by atoms with Crippen molar-refractivity contribution in [3.8, 4) is 0 Å². The number of carbonyl (C=O) groups excluding carboxylic acids is 1. The van der Waals surface area contributed by atoms with Crippen molar-refractivity contribution in [2.75, 3.05) is 13.1 Å². The van der Waals surface area contributed by atoms with Crippen LogP contribution in [-0.2, 0) is 0 Å². The molecule has 4 rings (SSSR count). The molecular weight excluding hydrogens is 278 g/mol. The number of hydrogen-bond donors (Lipinski definition) is 1. The summed E-state index contributed by atoms with van der Waals surface area (Å²) in [6, 6.07) is 6.05. The fourth-order valence-electron chi connectivity index (χ4n) is 3.95. The van der Waals surface area contributed by atoms with Gasteiger partial charge in [0.1, 0.15) is 5.52 Å². The SMILES string of the molecule is NC(=O)c1cccc2nc(C3CCN4CCCCC4C3)oc12. The van der Waals surface area contributed by atoms with Crippen molar-refractivity contribution < 1.29 is 9.21 Å². The van der Waals surface area contributed by atoms with E-state index in [2.05, 4.69) is 9.88 Å². The maximum atomic E-state index is 11.5. The van der Waals surface area contributed by atoms with Crippen LogP contribution in [0, 0.1) is 0 Å². The van der Waals surface area contributed by atoms with Crippen molar-refractivity contribution >= 4 is 17.0 Å². The molecule has 1 aromatic heterocycles. The topological polar surface area (TPSA) is 72.4 Å². The Balaban J connectivity index is 1.64. The highest BCUT2D eigenvalue weighted by Gasteiger charge is 2.33. The van der Waals surface area contributed by atoms with Crippen molar-refractivity contribution in [2.45, 2.75) is 44.1 Å². The van der Waals surface area contributed by atoms with Crippen LogP contribution < -0.4 is 5.73 Å². The van der Waals surface area contributed by atoms with Crippen molar-refractivity contribution in [1.29, 1.82) is 0 Å². The van der Waals surface area contributed by atoms with E-state index in [-0.39, 0.29) is 0 Å². The van der Waals surface area contributed by atoms with Gasteiger partial charge in [-0.05, 0) is 50.9 Å². The molecule has 5 heteroatoms. The molecule has 2 fully saturated rings. The predicted octanol–water partition coefficient (Wildman–Crippen LogP) is 2.66. The summed E-state index contributed by atoms with van der Waals surface area (Å²) in [6.07, 6.45) is 6.12. The summed E-state index contributed by atoms with van der Waals surface area (Å²) in [6.45, 7) is 2.35. The average Bonchev–Trinajstić information content (AvgIpc) is 2.98. The van der Waals surface area contributed by atoms with Gasteiger partial charge < -0.3 is 15.1 Å². The lowest BCUT2D eigenvalue weighted by Gasteiger charge is -2.41. The minimum Gasteiger partial charge on any atom is -0.440 e. The Bertz CT molecular complexity index is 709. The van der Waals surface area contributed by atoms with E-state index >= 15 is 0 Å². The second-order valence-electron chi connectivity index (χ2n) is 6.48. The molecule has 0 aliphatic carbocycles. The maximum Gasteiger partial charge on any atom is 0.252 e. The standard InChI is InChI=1S/C17H21N3O2/c18-16(21)13-5-3-6-14-15(13)22-17(19-14)11-7-9-20-8-2-1-4-12(20)10-11/h3,5-6,11-12H,1-2,4,7-10H2,(H2,18,21). The summed E-state index contributed by atoms with van der Waals surface area (Å²) in [5, 5.41) is 0. The highest BCUT2D eigenvalue weighted by Crippen LogP contribution is 2.36. The first-order chi connectivity index (χ1) is 10.7. The number of nitrogens with two attached hydrogens (primary N) is 1. The van der Waals surface area contributed by atoms with Crippen molar-refractivity contribution in [2.24, 2.45) is 5.73 Å². The van der Waals surface area contributed by atoms with Gasteiger partial charge in [-0.25, -0.2) is 4.98 Å². The van der Waals surface area contributed by atoms with Gasteiger partial charge in [-0.1, -0.05) is 12.5 Å². The minimum absolute atomic E-state index is 0.354. The molecule has 2 aromatic rings. The van der Waals surface area contributed by atoms with Crippen molar-refractivity contribution in [3.63, 3.8) is 0 Å². The molecule has 2 aliphatic rings. The zero-order valence-corrected chi connectivity index (χ0v) is 12.6. The monoisotopic (exact) mass is 299 g/mol. The molecule has 116 valence electrons. The van der Waals surface area contributed by atoms with Crippen LogP contribution >= 0.6 is 0 Å². The summed E-state index contributed by atoms with van der Waals surface area (Å²) in [4.78, 5) is 18.7. The molecule has 5 nitrogen and oxygen atoms in total. The van der Waals surface area contributed by atoms with E-state index in [1.54, 1.807) is 12.1 Å². The van der Waals surface area contributed by atoms with E-state index in [0.29, 0.717) is 23.1 Å². The molecular formula is C17H21N3O2. The van der Waals surface area contributed by atoms with Gasteiger partial charge in [0, 0.05) is 12.0 Å². The van der Waals surface area contributed by atoms with Crippen LogP contribution in [0.25, 0.3) is 11.1 Å². The molecule has 0 radical (unpaired) electrons. The summed E-state index contributed by atoms with van der Waals surface area (Å²) in [5.41, 5.74) is 7.12. The molecule has 0 bridgehead atoms. The lowest BCUT2D eigenvalue weighted by molar-refractivity contribution is 0.0918. The molecule has 22 heavy (non-hydrogen) atoms. The third kappa shape index (κ3) is 2.29. The molecule has 1 amide bonds. The number of benzene rings is 1. The third-order valence-corrected chi connectivity index (χ3v) is 5.12. The Labute approximate surface area is 129 Å². The fraction of sp³-hybridized carbons (Fsp3) is 0.529.